The van der Waals surface area contributed by atoms with E-state index in [1.807, 2.05) is 14.1 Å². The molecule has 0 heterocycles. The number of hydrogen-bond donors (Lipinski definition) is 2. The Labute approximate surface area is 105 Å². The third kappa shape index (κ3) is 6.03. The number of carbonyl (C=O) groups excluding carboxylic acids is 1. The highest BCUT2D eigenvalue weighted by Crippen LogP contribution is 2.28. The summed E-state index contributed by atoms with van der Waals surface area (Å²) < 4.78 is 0. The zero-order chi connectivity index (χ0) is 12.7. The van der Waals surface area contributed by atoms with Gasteiger partial charge in [-0.05, 0) is 39.9 Å². The molecule has 1 aliphatic rings. The molecule has 0 spiro atoms. The molecule has 0 aromatic carbocycles. The van der Waals surface area contributed by atoms with Crippen molar-refractivity contribution in [1.82, 2.24) is 10.2 Å². The van der Waals surface area contributed by atoms with E-state index in [4.69, 9.17) is 5.73 Å². The van der Waals surface area contributed by atoms with Crippen LogP contribution in [0.4, 0.5) is 0 Å². The van der Waals surface area contributed by atoms with Crippen molar-refractivity contribution in [1.29, 1.82) is 0 Å². The van der Waals surface area contributed by atoms with Crippen LogP contribution in [0.3, 0.4) is 0 Å². The SMILES string of the molecule is CN(C)CCCNC(=O)CC1(N)CCCCC1. The largest absolute Gasteiger partial charge is 0.356 e. The van der Waals surface area contributed by atoms with Gasteiger partial charge in [0.05, 0.1) is 0 Å². The molecule has 0 radical (unpaired) electrons. The summed E-state index contributed by atoms with van der Waals surface area (Å²) >= 11 is 0. The maximum atomic E-state index is 11.8. The van der Waals surface area contributed by atoms with E-state index in [2.05, 4.69) is 10.2 Å². The van der Waals surface area contributed by atoms with Gasteiger partial charge >= 0.3 is 0 Å². The summed E-state index contributed by atoms with van der Waals surface area (Å²) in [6, 6.07) is 0. The maximum Gasteiger partial charge on any atom is 0.221 e. The molecule has 17 heavy (non-hydrogen) atoms. The van der Waals surface area contributed by atoms with Crippen LogP contribution in [-0.4, -0.2) is 43.5 Å². The van der Waals surface area contributed by atoms with E-state index in [1.165, 1.54) is 19.3 Å². The van der Waals surface area contributed by atoms with E-state index in [0.717, 1.165) is 32.4 Å². The monoisotopic (exact) mass is 241 g/mol. The minimum Gasteiger partial charge on any atom is -0.356 e. The molecule has 0 aromatic heterocycles. The zero-order valence-electron chi connectivity index (χ0n) is 11.3. The molecule has 0 bridgehead atoms. The smallest absolute Gasteiger partial charge is 0.221 e. The lowest BCUT2D eigenvalue weighted by molar-refractivity contribution is -0.122. The lowest BCUT2D eigenvalue weighted by atomic mass is 9.80. The molecule has 4 nitrogen and oxygen atoms in total. The van der Waals surface area contributed by atoms with Crippen LogP contribution in [0.25, 0.3) is 0 Å². The molecule has 1 fully saturated rings. The predicted octanol–water partition coefficient (Wildman–Crippen LogP) is 1.11. The van der Waals surface area contributed by atoms with Crippen molar-refractivity contribution >= 4 is 5.91 Å². The van der Waals surface area contributed by atoms with Crippen molar-refractivity contribution in [3.63, 3.8) is 0 Å². The topological polar surface area (TPSA) is 58.4 Å². The van der Waals surface area contributed by atoms with Gasteiger partial charge in [0.2, 0.25) is 5.91 Å². The van der Waals surface area contributed by atoms with Crippen molar-refractivity contribution in [2.45, 2.75) is 50.5 Å². The van der Waals surface area contributed by atoms with Crippen LogP contribution in [0.5, 0.6) is 0 Å². The summed E-state index contributed by atoms with van der Waals surface area (Å²) in [5, 5.41) is 2.96. The first-order valence-electron chi connectivity index (χ1n) is 6.72. The van der Waals surface area contributed by atoms with Gasteiger partial charge in [-0.2, -0.15) is 0 Å². The van der Waals surface area contributed by atoms with E-state index >= 15 is 0 Å². The number of carbonyl (C=O) groups is 1. The second-order valence-electron chi connectivity index (χ2n) is 5.61. The molecule has 3 N–H and O–H groups in total. The molecular formula is C13H27N3O. The van der Waals surface area contributed by atoms with E-state index in [0.29, 0.717) is 6.42 Å². The standard InChI is InChI=1S/C13H27N3O/c1-16(2)10-6-9-15-12(17)11-13(14)7-4-3-5-8-13/h3-11,14H2,1-2H3,(H,15,17). The van der Waals surface area contributed by atoms with Crippen LogP contribution >= 0.6 is 0 Å². The molecule has 0 atom stereocenters. The number of nitrogens with two attached hydrogens (primary N) is 1. The summed E-state index contributed by atoms with van der Waals surface area (Å²) in [5.41, 5.74) is 6.01. The Bertz CT molecular complexity index is 235. The van der Waals surface area contributed by atoms with Gasteiger partial charge in [0, 0.05) is 18.5 Å². The van der Waals surface area contributed by atoms with Crippen molar-refractivity contribution in [2.24, 2.45) is 5.73 Å². The molecule has 1 amide bonds. The second kappa shape index (κ2) is 6.97. The Hall–Kier alpha value is -0.610. The predicted molar refractivity (Wildman–Crippen MR) is 70.8 cm³/mol. The highest BCUT2D eigenvalue weighted by molar-refractivity contribution is 5.77. The summed E-state index contributed by atoms with van der Waals surface area (Å²) in [4.78, 5) is 13.9. The number of amides is 1. The normalized spacial score (nSPS) is 19.3. The molecule has 0 aliphatic heterocycles. The zero-order valence-corrected chi connectivity index (χ0v) is 11.3. The van der Waals surface area contributed by atoms with Gasteiger partial charge in [-0.3, -0.25) is 4.79 Å². The van der Waals surface area contributed by atoms with Crippen molar-refractivity contribution in [3.8, 4) is 0 Å². The second-order valence-corrected chi connectivity index (χ2v) is 5.61. The average molecular weight is 241 g/mol. The van der Waals surface area contributed by atoms with Crippen molar-refractivity contribution in [2.75, 3.05) is 27.2 Å². The fourth-order valence-corrected chi connectivity index (χ4v) is 2.44. The highest BCUT2D eigenvalue weighted by Gasteiger charge is 2.29. The van der Waals surface area contributed by atoms with Crippen LogP contribution in [0.15, 0.2) is 0 Å². The van der Waals surface area contributed by atoms with E-state index < -0.39 is 0 Å². The van der Waals surface area contributed by atoms with Crippen LogP contribution in [-0.2, 0) is 4.79 Å². The van der Waals surface area contributed by atoms with Crippen molar-refractivity contribution in [3.05, 3.63) is 0 Å². The highest BCUT2D eigenvalue weighted by atomic mass is 16.1. The number of rotatable bonds is 6. The van der Waals surface area contributed by atoms with E-state index in [1.54, 1.807) is 0 Å². The lowest BCUT2D eigenvalue weighted by Crippen LogP contribution is -2.46. The molecule has 0 saturated heterocycles. The summed E-state index contributed by atoms with van der Waals surface area (Å²) in [7, 11) is 4.08. The Morgan fingerprint density at radius 2 is 1.94 bits per heavy atom. The molecule has 1 saturated carbocycles. The Balaban J connectivity index is 2.15. The first kappa shape index (κ1) is 14.5. The minimum atomic E-state index is -0.232. The molecule has 100 valence electrons. The van der Waals surface area contributed by atoms with Gasteiger partial charge in [-0.15, -0.1) is 0 Å². The van der Waals surface area contributed by atoms with Gasteiger partial charge in [0.15, 0.2) is 0 Å². The number of hydrogen-bond acceptors (Lipinski definition) is 3. The van der Waals surface area contributed by atoms with Crippen LogP contribution in [0.1, 0.15) is 44.9 Å². The number of nitrogens with one attached hydrogen (secondary N) is 1. The third-order valence-corrected chi connectivity index (χ3v) is 3.47. The van der Waals surface area contributed by atoms with Crippen LogP contribution in [0, 0.1) is 0 Å². The summed E-state index contributed by atoms with van der Waals surface area (Å²) in [6.07, 6.45) is 7.10. The van der Waals surface area contributed by atoms with Crippen LogP contribution in [0.2, 0.25) is 0 Å². The first-order chi connectivity index (χ1) is 8.02. The van der Waals surface area contributed by atoms with E-state index in [-0.39, 0.29) is 11.4 Å². The minimum absolute atomic E-state index is 0.119. The fraction of sp³-hybridized carbons (Fsp3) is 0.923. The maximum absolute atomic E-state index is 11.8. The Morgan fingerprint density at radius 1 is 1.29 bits per heavy atom. The fourth-order valence-electron chi connectivity index (χ4n) is 2.44. The van der Waals surface area contributed by atoms with Gasteiger partial charge in [-0.25, -0.2) is 0 Å². The molecule has 0 unspecified atom stereocenters. The van der Waals surface area contributed by atoms with Gasteiger partial charge in [-0.1, -0.05) is 19.3 Å². The van der Waals surface area contributed by atoms with Gasteiger partial charge in [0.25, 0.3) is 0 Å². The summed E-state index contributed by atoms with van der Waals surface area (Å²) in [5.74, 6) is 0.119. The third-order valence-electron chi connectivity index (χ3n) is 3.47. The molecular weight excluding hydrogens is 214 g/mol. The molecule has 1 aliphatic carbocycles. The van der Waals surface area contributed by atoms with Gasteiger partial charge in [0.1, 0.15) is 0 Å². The lowest BCUT2D eigenvalue weighted by Gasteiger charge is -2.32. The first-order valence-corrected chi connectivity index (χ1v) is 6.72. The number of nitrogens with zero attached hydrogens (tertiary/aromatic N) is 1. The Morgan fingerprint density at radius 3 is 2.53 bits per heavy atom. The average Bonchev–Trinajstić information content (AvgIpc) is 2.24. The van der Waals surface area contributed by atoms with Crippen molar-refractivity contribution < 1.29 is 4.79 Å². The van der Waals surface area contributed by atoms with Gasteiger partial charge < -0.3 is 16.0 Å². The summed E-state index contributed by atoms with van der Waals surface area (Å²) in [6.45, 7) is 1.77. The van der Waals surface area contributed by atoms with E-state index in [9.17, 15) is 4.79 Å². The molecule has 4 heteroatoms. The quantitative estimate of drug-likeness (QED) is 0.685. The Kier molecular flexibility index (Phi) is 5.92. The molecule has 1 rings (SSSR count). The molecule has 0 aromatic rings. The van der Waals surface area contributed by atoms with Crippen LogP contribution < -0.4 is 11.1 Å².